The molecular formula is C19H39IN4O3S. The summed E-state index contributed by atoms with van der Waals surface area (Å²) in [6.45, 7) is 11.9. The molecular weight excluding hydrogens is 491 g/mol. The van der Waals surface area contributed by atoms with Crippen molar-refractivity contribution < 1.29 is 13.2 Å². The number of aliphatic imine (C=N–C) groups is 1. The van der Waals surface area contributed by atoms with E-state index in [1.165, 1.54) is 6.26 Å². The third-order valence-corrected chi connectivity index (χ3v) is 7.54. The summed E-state index contributed by atoms with van der Waals surface area (Å²) in [6.07, 6.45) is 4.26. The first-order chi connectivity index (χ1) is 12.5. The molecule has 166 valence electrons. The smallest absolute Gasteiger partial charge is 0.191 e. The van der Waals surface area contributed by atoms with Crippen molar-refractivity contribution in [1.29, 1.82) is 0 Å². The Kier molecular flexibility index (Phi) is 9.49. The molecule has 7 nitrogen and oxygen atoms in total. The number of rotatable bonds is 7. The van der Waals surface area contributed by atoms with Crippen molar-refractivity contribution in [2.75, 3.05) is 45.3 Å². The average molecular weight is 531 g/mol. The lowest BCUT2D eigenvalue weighted by atomic mass is 9.56. The van der Waals surface area contributed by atoms with E-state index in [0.29, 0.717) is 18.6 Å². The van der Waals surface area contributed by atoms with Gasteiger partial charge in [0.1, 0.15) is 9.84 Å². The van der Waals surface area contributed by atoms with Crippen LogP contribution in [0.2, 0.25) is 0 Å². The Morgan fingerprint density at radius 1 is 1.21 bits per heavy atom. The lowest BCUT2D eigenvalue weighted by Crippen LogP contribution is -2.70. The third kappa shape index (κ3) is 6.43. The number of nitrogens with one attached hydrogen (secondary N) is 2. The quantitative estimate of drug-likeness (QED) is 0.297. The van der Waals surface area contributed by atoms with E-state index in [1.807, 2.05) is 6.92 Å². The van der Waals surface area contributed by atoms with Gasteiger partial charge in [-0.2, -0.15) is 0 Å². The van der Waals surface area contributed by atoms with Crippen LogP contribution in [0.5, 0.6) is 0 Å². The Hall–Kier alpha value is -0.130. The van der Waals surface area contributed by atoms with Gasteiger partial charge < -0.3 is 20.3 Å². The maximum atomic E-state index is 11.3. The summed E-state index contributed by atoms with van der Waals surface area (Å²) >= 11 is 0. The van der Waals surface area contributed by atoms with Gasteiger partial charge in [-0.1, -0.05) is 13.8 Å². The first-order valence-electron chi connectivity index (χ1n) is 10.0. The Balaban J connectivity index is 0.00000392. The minimum Gasteiger partial charge on any atom is -0.378 e. The van der Waals surface area contributed by atoms with Crippen molar-refractivity contribution in [1.82, 2.24) is 15.5 Å². The van der Waals surface area contributed by atoms with Gasteiger partial charge in [0, 0.05) is 57.0 Å². The molecule has 28 heavy (non-hydrogen) atoms. The second kappa shape index (κ2) is 10.3. The lowest BCUT2D eigenvalue weighted by Gasteiger charge is -2.59. The average Bonchev–Trinajstić information content (AvgIpc) is 2.60. The maximum Gasteiger partial charge on any atom is 0.191 e. The predicted molar refractivity (Wildman–Crippen MR) is 126 cm³/mol. The van der Waals surface area contributed by atoms with Gasteiger partial charge in [-0.25, -0.2) is 8.42 Å². The minimum absolute atomic E-state index is 0. The summed E-state index contributed by atoms with van der Waals surface area (Å²) in [5.41, 5.74) is -0.0695. The largest absolute Gasteiger partial charge is 0.378 e. The van der Waals surface area contributed by atoms with Gasteiger partial charge in [0.2, 0.25) is 0 Å². The SMILES string of the molecule is CCN=C(NC1CCN(CCS(C)(=O)=O)CC1)NC1CC(C)(OC)C1(C)C.I. The van der Waals surface area contributed by atoms with Crippen LogP contribution in [-0.4, -0.2) is 82.3 Å². The fourth-order valence-corrected chi connectivity index (χ4v) is 4.56. The van der Waals surface area contributed by atoms with Crippen molar-refractivity contribution in [3.8, 4) is 0 Å². The zero-order chi connectivity index (χ0) is 20.3. The monoisotopic (exact) mass is 530 g/mol. The second-order valence-corrected chi connectivity index (χ2v) is 11.0. The molecule has 2 N–H and O–H groups in total. The molecule has 0 bridgehead atoms. The fourth-order valence-electron chi connectivity index (χ4n) is 3.97. The Morgan fingerprint density at radius 3 is 2.29 bits per heavy atom. The van der Waals surface area contributed by atoms with Crippen molar-refractivity contribution >= 4 is 39.8 Å². The first kappa shape index (κ1) is 25.9. The number of nitrogens with zero attached hydrogens (tertiary/aromatic N) is 2. The minimum atomic E-state index is -2.89. The standard InChI is InChI=1S/C19H38N4O3S.HI/c1-7-20-17(22-16-14-19(4,26-5)18(16,2)3)21-15-8-10-23(11-9-15)12-13-27(6,24)25;/h15-16H,7-14H2,1-6H3,(H2,20,21,22);1H. The van der Waals surface area contributed by atoms with E-state index in [1.54, 1.807) is 7.11 Å². The van der Waals surface area contributed by atoms with Crippen molar-refractivity contribution in [3.05, 3.63) is 0 Å². The van der Waals surface area contributed by atoms with Crippen LogP contribution < -0.4 is 10.6 Å². The van der Waals surface area contributed by atoms with Gasteiger partial charge in [-0.05, 0) is 33.1 Å². The van der Waals surface area contributed by atoms with Crippen LogP contribution in [0.25, 0.3) is 0 Å². The highest BCUT2D eigenvalue weighted by molar-refractivity contribution is 14.0. The van der Waals surface area contributed by atoms with E-state index >= 15 is 0 Å². The van der Waals surface area contributed by atoms with Crippen LogP contribution in [0.15, 0.2) is 4.99 Å². The highest BCUT2D eigenvalue weighted by Gasteiger charge is 2.58. The molecule has 0 aromatic heterocycles. The van der Waals surface area contributed by atoms with E-state index in [2.05, 4.69) is 41.3 Å². The zero-order valence-electron chi connectivity index (χ0n) is 18.2. The molecule has 0 aromatic rings. The number of likely N-dealkylation sites (tertiary alicyclic amines) is 1. The third-order valence-electron chi connectivity index (χ3n) is 6.61. The fraction of sp³-hybridized carbons (Fsp3) is 0.947. The molecule has 0 aromatic carbocycles. The number of sulfone groups is 1. The molecule has 2 atom stereocenters. The van der Waals surface area contributed by atoms with Gasteiger partial charge in [0.25, 0.3) is 0 Å². The summed E-state index contributed by atoms with van der Waals surface area (Å²) in [7, 11) is -1.11. The molecule has 2 fully saturated rings. The lowest BCUT2D eigenvalue weighted by molar-refractivity contribution is -0.176. The maximum absolute atomic E-state index is 11.3. The molecule has 0 radical (unpaired) electrons. The molecule has 1 saturated carbocycles. The number of halogens is 1. The zero-order valence-corrected chi connectivity index (χ0v) is 21.4. The molecule has 1 saturated heterocycles. The van der Waals surface area contributed by atoms with Gasteiger partial charge in [-0.15, -0.1) is 24.0 Å². The topological polar surface area (TPSA) is 83.0 Å². The molecule has 1 aliphatic carbocycles. The second-order valence-electron chi connectivity index (χ2n) is 8.77. The number of piperidine rings is 1. The van der Waals surface area contributed by atoms with E-state index in [-0.39, 0.29) is 40.7 Å². The molecule has 0 spiro atoms. The summed E-state index contributed by atoms with van der Waals surface area (Å²) in [5.74, 6) is 1.12. The summed E-state index contributed by atoms with van der Waals surface area (Å²) < 4.78 is 28.4. The Labute approximate surface area is 188 Å². The van der Waals surface area contributed by atoms with E-state index in [4.69, 9.17) is 4.74 Å². The van der Waals surface area contributed by atoms with Crippen molar-refractivity contribution in [3.63, 3.8) is 0 Å². The highest BCUT2D eigenvalue weighted by Crippen LogP contribution is 2.51. The van der Waals surface area contributed by atoms with Gasteiger partial charge in [-0.3, -0.25) is 4.99 Å². The molecule has 1 heterocycles. The summed E-state index contributed by atoms with van der Waals surface area (Å²) in [6, 6.07) is 0.699. The molecule has 0 amide bonds. The van der Waals surface area contributed by atoms with E-state index in [9.17, 15) is 8.42 Å². The van der Waals surface area contributed by atoms with E-state index < -0.39 is 9.84 Å². The van der Waals surface area contributed by atoms with Gasteiger partial charge >= 0.3 is 0 Å². The van der Waals surface area contributed by atoms with Crippen molar-refractivity contribution in [2.45, 2.75) is 64.6 Å². The van der Waals surface area contributed by atoms with Crippen LogP contribution in [0.4, 0.5) is 0 Å². The first-order valence-corrected chi connectivity index (χ1v) is 12.1. The molecule has 9 heteroatoms. The van der Waals surface area contributed by atoms with Crippen LogP contribution in [-0.2, 0) is 14.6 Å². The summed E-state index contributed by atoms with van der Waals surface area (Å²) in [4.78, 5) is 6.87. The number of hydrogen-bond acceptors (Lipinski definition) is 5. The molecule has 2 rings (SSSR count). The van der Waals surface area contributed by atoms with Crippen LogP contribution in [0.1, 0.15) is 47.0 Å². The normalized spacial score (nSPS) is 28.9. The van der Waals surface area contributed by atoms with Crippen LogP contribution >= 0.6 is 24.0 Å². The van der Waals surface area contributed by atoms with Crippen LogP contribution in [0.3, 0.4) is 0 Å². The molecule has 2 aliphatic rings. The number of hydrogen-bond donors (Lipinski definition) is 2. The molecule has 2 unspecified atom stereocenters. The highest BCUT2D eigenvalue weighted by atomic mass is 127. The Bertz CT molecular complexity index is 633. The Morgan fingerprint density at radius 2 is 1.82 bits per heavy atom. The van der Waals surface area contributed by atoms with Gasteiger partial charge in [0.15, 0.2) is 5.96 Å². The van der Waals surface area contributed by atoms with Crippen LogP contribution in [0, 0.1) is 5.41 Å². The van der Waals surface area contributed by atoms with E-state index in [0.717, 1.165) is 44.9 Å². The molecule has 1 aliphatic heterocycles. The van der Waals surface area contributed by atoms with Crippen molar-refractivity contribution in [2.24, 2.45) is 10.4 Å². The summed E-state index contributed by atoms with van der Waals surface area (Å²) in [5, 5.41) is 7.19. The predicted octanol–water partition coefficient (Wildman–Crippen LogP) is 1.87. The number of ether oxygens (including phenoxy) is 1. The van der Waals surface area contributed by atoms with Gasteiger partial charge in [0.05, 0.1) is 11.4 Å². The number of guanidine groups is 1. The number of methoxy groups -OCH3 is 1.